The molecule has 3 heteroatoms. The molecule has 1 unspecified atom stereocenters. The summed E-state index contributed by atoms with van der Waals surface area (Å²) in [5.74, 6) is 0.639. The molecule has 0 aromatic heterocycles. The Labute approximate surface area is 121 Å². The number of carbonyl (C=O) groups is 1. The molecule has 0 spiro atoms. The summed E-state index contributed by atoms with van der Waals surface area (Å²) < 4.78 is 0. The SMILES string of the molecule is Cc1cccc(C(C)NC(=O)[C@@H]2CCC[C@@H]2CN)c1C. The molecule has 20 heavy (non-hydrogen) atoms. The van der Waals surface area contributed by atoms with Gasteiger partial charge in [0.15, 0.2) is 0 Å². The van der Waals surface area contributed by atoms with Gasteiger partial charge in [0.05, 0.1) is 6.04 Å². The van der Waals surface area contributed by atoms with Crippen molar-refractivity contribution in [2.45, 2.75) is 46.1 Å². The third kappa shape index (κ3) is 3.04. The van der Waals surface area contributed by atoms with E-state index >= 15 is 0 Å². The van der Waals surface area contributed by atoms with Gasteiger partial charge in [0.2, 0.25) is 5.91 Å². The largest absolute Gasteiger partial charge is 0.349 e. The molecule has 3 nitrogen and oxygen atoms in total. The number of rotatable bonds is 4. The van der Waals surface area contributed by atoms with E-state index in [0.29, 0.717) is 12.5 Å². The molecule has 2 rings (SSSR count). The second-order valence-corrected chi connectivity index (χ2v) is 6.05. The first-order chi connectivity index (χ1) is 9.54. The number of hydrogen-bond acceptors (Lipinski definition) is 2. The summed E-state index contributed by atoms with van der Waals surface area (Å²) >= 11 is 0. The second kappa shape index (κ2) is 6.40. The van der Waals surface area contributed by atoms with Crippen molar-refractivity contribution >= 4 is 5.91 Å². The van der Waals surface area contributed by atoms with Crippen molar-refractivity contribution in [1.82, 2.24) is 5.32 Å². The van der Waals surface area contributed by atoms with Gasteiger partial charge in [0, 0.05) is 5.92 Å². The summed E-state index contributed by atoms with van der Waals surface area (Å²) in [6.07, 6.45) is 3.19. The molecule has 1 aliphatic rings. The van der Waals surface area contributed by atoms with Gasteiger partial charge >= 0.3 is 0 Å². The van der Waals surface area contributed by atoms with Crippen LogP contribution in [0.5, 0.6) is 0 Å². The molecule has 110 valence electrons. The third-order valence-electron chi connectivity index (χ3n) is 4.77. The number of benzene rings is 1. The van der Waals surface area contributed by atoms with E-state index in [-0.39, 0.29) is 17.9 Å². The fraction of sp³-hybridized carbons (Fsp3) is 0.588. The maximum absolute atomic E-state index is 12.4. The van der Waals surface area contributed by atoms with Crippen LogP contribution in [0, 0.1) is 25.7 Å². The predicted octanol–water partition coefficient (Wildman–Crippen LogP) is 2.86. The predicted molar refractivity (Wildman–Crippen MR) is 82.4 cm³/mol. The lowest BCUT2D eigenvalue weighted by molar-refractivity contribution is -0.126. The molecule has 1 aromatic carbocycles. The first-order valence-electron chi connectivity index (χ1n) is 7.61. The van der Waals surface area contributed by atoms with Crippen molar-refractivity contribution in [2.24, 2.45) is 17.6 Å². The van der Waals surface area contributed by atoms with Crippen molar-refractivity contribution in [3.8, 4) is 0 Å². The number of aryl methyl sites for hydroxylation is 1. The zero-order valence-corrected chi connectivity index (χ0v) is 12.8. The van der Waals surface area contributed by atoms with E-state index in [0.717, 1.165) is 19.3 Å². The fourth-order valence-electron chi connectivity index (χ4n) is 3.31. The topological polar surface area (TPSA) is 55.1 Å². The molecule has 0 aliphatic heterocycles. The van der Waals surface area contributed by atoms with Gasteiger partial charge in [-0.1, -0.05) is 24.6 Å². The van der Waals surface area contributed by atoms with Gasteiger partial charge < -0.3 is 11.1 Å². The van der Waals surface area contributed by atoms with Crippen molar-refractivity contribution in [1.29, 1.82) is 0 Å². The molecule has 0 bridgehead atoms. The Morgan fingerprint density at radius 1 is 1.40 bits per heavy atom. The smallest absolute Gasteiger partial charge is 0.223 e. The number of nitrogens with two attached hydrogens (primary N) is 1. The van der Waals surface area contributed by atoms with Crippen LogP contribution in [0.15, 0.2) is 18.2 Å². The minimum Gasteiger partial charge on any atom is -0.349 e. The van der Waals surface area contributed by atoms with E-state index in [4.69, 9.17) is 5.73 Å². The standard InChI is InChI=1S/C17H26N2O/c1-11-6-4-8-15(12(11)2)13(3)19-17(20)16-9-5-7-14(16)10-18/h4,6,8,13-14,16H,5,7,9-10,18H2,1-3H3,(H,19,20)/t13?,14-,16-/m1/s1. The van der Waals surface area contributed by atoms with E-state index in [2.05, 4.69) is 44.3 Å². The number of hydrogen-bond donors (Lipinski definition) is 2. The Kier molecular flexibility index (Phi) is 4.81. The van der Waals surface area contributed by atoms with Crippen molar-refractivity contribution in [2.75, 3.05) is 6.54 Å². The van der Waals surface area contributed by atoms with E-state index in [1.165, 1.54) is 16.7 Å². The lowest BCUT2D eigenvalue weighted by Crippen LogP contribution is -2.36. The van der Waals surface area contributed by atoms with Crippen LogP contribution in [-0.2, 0) is 4.79 Å². The normalized spacial score (nSPS) is 23.6. The summed E-state index contributed by atoms with van der Waals surface area (Å²) in [5.41, 5.74) is 9.51. The van der Waals surface area contributed by atoms with Gasteiger partial charge in [-0.05, 0) is 62.8 Å². The van der Waals surface area contributed by atoms with Gasteiger partial charge in [-0.2, -0.15) is 0 Å². The number of carbonyl (C=O) groups excluding carboxylic acids is 1. The molecule has 1 saturated carbocycles. The Morgan fingerprint density at radius 2 is 2.15 bits per heavy atom. The summed E-state index contributed by atoms with van der Waals surface area (Å²) in [4.78, 5) is 12.4. The van der Waals surface area contributed by atoms with Crippen molar-refractivity contribution < 1.29 is 4.79 Å². The van der Waals surface area contributed by atoms with Crippen LogP contribution in [-0.4, -0.2) is 12.5 Å². The van der Waals surface area contributed by atoms with Gasteiger partial charge in [0.1, 0.15) is 0 Å². The molecule has 1 aliphatic carbocycles. The van der Waals surface area contributed by atoms with E-state index in [9.17, 15) is 4.79 Å². The highest BCUT2D eigenvalue weighted by atomic mass is 16.2. The van der Waals surface area contributed by atoms with Crippen LogP contribution in [0.3, 0.4) is 0 Å². The first-order valence-corrected chi connectivity index (χ1v) is 7.61. The average Bonchev–Trinajstić information content (AvgIpc) is 2.90. The van der Waals surface area contributed by atoms with Crippen LogP contribution in [0.25, 0.3) is 0 Å². The molecule has 1 amide bonds. The molecule has 1 fully saturated rings. The molecular weight excluding hydrogens is 248 g/mol. The Bertz CT molecular complexity index is 484. The third-order valence-corrected chi connectivity index (χ3v) is 4.77. The van der Waals surface area contributed by atoms with Crippen LogP contribution < -0.4 is 11.1 Å². The van der Waals surface area contributed by atoms with Gasteiger partial charge in [-0.3, -0.25) is 4.79 Å². The number of amides is 1. The van der Waals surface area contributed by atoms with E-state index in [1.807, 2.05) is 0 Å². The van der Waals surface area contributed by atoms with Crippen molar-refractivity contribution in [3.63, 3.8) is 0 Å². The highest BCUT2D eigenvalue weighted by molar-refractivity contribution is 5.79. The van der Waals surface area contributed by atoms with E-state index < -0.39 is 0 Å². The Morgan fingerprint density at radius 3 is 2.85 bits per heavy atom. The molecule has 3 atom stereocenters. The zero-order chi connectivity index (χ0) is 14.7. The second-order valence-electron chi connectivity index (χ2n) is 6.05. The molecule has 0 saturated heterocycles. The molecule has 1 aromatic rings. The van der Waals surface area contributed by atoms with Crippen LogP contribution in [0.2, 0.25) is 0 Å². The summed E-state index contributed by atoms with van der Waals surface area (Å²) in [6, 6.07) is 6.32. The highest BCUT2D eigenvalue weighted by Gasteiger charge is 2.32. The minimum atomic E-state index is 0.0569. The van der Waals surface area contributed by atoms with Crippen LogP contribution >= 0.6 is 0 Å². The Balaban J connectivity index is 2.05. The number of nitrogens with one attached hydrogen (secondary N) is 1. The lowest BCUT2D eigenvalue weighted by atomic mass is 9.93. The quantitative estimate of drug-likeness (QED) is 0.887. The lowest BCUT2D eigenvalue weighted by Gasteiger charge is -2.22. The van der Waals surface area contributed by atoms with Crippen LogP contribution in [0.4, 0.5) is 0 Å². The average molecular weight is 274 g/mol. The molecule has 0 radical (unpaired) electrons. The Hall–Kier alpha value is -1.35. The molecular formula is C17H26N2O. The highest BCUT2D eigenvalue weighted by Crippen LogP contribution is 2.31. The summed E-state index contributed by atoms with van der Waals surface area (Å²) in [7, 11) is 0. The maximum Gasteiger partial charge on any atom is 0.223 e. The van der Waals surface area contributed by atoms with Crippen molar-refractivity contribution in [3.05, 3.63) is 34.9 Å². The first kappa shape index (κ1) is 15.0. The fourth-order valence-corrected chi connectivity index (χ4v) is 3.31. The zero-order valence-electron chi connectivity index (χ0n) is 12.8. The maximum atomic E-state index is 12.4. The van der Waals surface area contributed by atoms with Crippen LogP contribution in [0.1, 0.15) is 48.9 Å². The van der Waals surface area contributed by atoms with E-state index in [1.54, 1.807) is 0 Å². The van der Waals surface area contributed by atoms with Gasteiger partial charge in [0.25, 0.3) is 0 Å². The molecule has 3 N–H and O–H groups in total. The minimum absolute atomic E-state index is 0.0569. The monoisotopic (exact) mass is 274 g/mol. The van der Waals surface area contributed by atoms with Gasteiger partial charge in [-0.15, -0.1) is 0 Å². The molecule has 0 heterocycles. The van der Waals surface area contributed by atoms with Gasteiger partial charge in [-0.25, -0.2) is 0 Å². The summed E-state index contributed by atoms with van der Waals surface area (Å²) in [6.45, 7) is 6.91. The summed E-state index contributed by atoms with van der Waals surface area (Å²) in [5, 5.41) is 3.18.